The van der Waals surface area contributed by atoms with Crippen LogP contribution in [-0.4, -0.2) is 39.5 Å². The maximum Gasteiger partial charge on any atom is 0.267 e. The Bertz CT molecular complexity index is 762. The number of amides is 2. The van der Waals surface area contributed by atoms with Crippen LogP contribution in [0.25, 0.3) is 0 Å². The van der Waals surface area contributed by atoms with Gasteiger partial charge < -0.3 is 15.7 Å². The minimum atomic E-state index is -0.671. The lowest BCUT2D eigenvalue weighted by Crippen LogP contribution is -2.32. The van der Waals surface area contributed by atoms with Crippen molar-refractivity contribution in [3.05, 3.63) is 65.2 Å². The first-order chi connectivity index (χ1) is 11.5. The number of aliphatic hydroxyl groups is 1. The Kier molecular flexibility index (Phi) is 4.26. The quantitative estimate of drug-likeness (QED) is 0.886. The number of likely N-dealkylation sites (tertiary alicyclic amines) is 1. The number of hydrogen-bond acceptors (Lipinski definition) is 4. The summed E-state index contributed by atoms with van der Waals surface area (Å²) >= 11 is 0. The molecule has 0 bridgehead atoms. The van der Waals surface area contributed by atoms with Gasteiger partial charge in [0.25, 0.3) is 11.8 Å². The number of hydrogen-bond donors (Lipinski definition) is 2. The number of β-amino-alcohol motifs (C(OH)–C–C–N with tert-alkyl or cyclic N) is 1. The average Bonchev–Trinajstić information content (AvgIpc) is 2.96. The van der Waals surface area contributed by atoms with Crippen molar-refractivity contribution in [3.8, 4) is 0 Å². The van der Waals surface area contributed by atoms with Crippen molar-refractivity contribution in [2.24, 2.45) is 5.73 Å². The molecule has 7 heteroatoms. The van der Waals surface area contributed by atoms with Crippen molar-refractivity contribution in [2.45, 2.75) is 18.6 Å². The molecule has 1 aromatic heterocycles. The molecule has 2 amide bonds. The third-order valence-electron chi connectivity index (χ3n) is 4.06. The van der Waals surface area contributed by atoms with E-state index in [1.807, 2.05) is 0 Å². The fourth-order valence-corrected chi connectivity index (χ4v) is 2.87. The predicted molar refractivity (Wildman–Crippen MR) is 83.6 cm³/mol. The van der Waals surface area contributed by atoms with Gasteiger partial charge in [0.05, 0.1) is 17.7 Å². The third-order valence-corrected chi connectivity index (χ3v) is 4.06. The number of rotatable bonds is 3. The van der Waals surface area contributed by atoms with Crippen LogP contribution in [0.2, 0.25) is 0 Å². The molecule has 0 aliphatic carbocycles. The number of nitrogens with zero attached hydrogens (tertiary/aromatic N) is 2. The van der Waals surface area contributed by atoms with Crippen LogP contribution in [0.4, 0.5) is 4.39 Å². The van der Waals surface area contributed by atoms with Crippen LogP contribution in [-0.2, 0) is 0 Å². The van der Waals surface area contributed by atoms with Gasteiger partial charge in [-0.05, 0) is 36.2 Å². The number of aliphatic hydroxyl groups excluding tert-OH is 1. The van der Waals surface area contributed by atoms with Crippen molar-refractivity contribution < 1.29 is 19.1 Å². The van der Waals surface area contributed by atoms with E-state index in [1.54, 1.807) is 12.1 Å². The smallest absolute Gasteiger partial charge is 0.267 e. The Morgan fingerprint density at radius 3 is 2.50 bits per heavy atom. The molecular formula is C17H16FN3O3. The lowest BCUT2D eigenvalue weighted by Gasteiger charge is -2.24. The normalized spacial score (nSPS) is 20.2. The van der Waals surface area contributed by atoms with Gasteiger partial charge in [0, 0.05) is 12.7 Å². The van der Waals surface area contributed by atoms with Gasteiger partial charge in [0.15, 0.2) is 0 Å². The van der Waals surface area contributed by atoms with E-state index in [-0.39, 0.29) is 30.0 Å². The van der Waals surface area contributed by atoms with Gasteiger partial charge in [-0.15, -0.1) is 0 Å². The molecular weight excluding hydrogens is 313 g/mol. The molecule has 2 heterocycles. The highest BCUT2D eigenvalue weighted by Gasteiger charge is 2.35. The zero-order valence-corrected chi connectivity index (χ0v) is 12.7. The van der Waals surface area contributed by atoms with E-state index in [0.717, 1.165) is 5.56 Å². The average molecular weight is 329 g/mol. The lowest BCUT2D eigenvalue weighted by atomic mass is 10.0. The van der Waals surface area contributed by atoms with Gasteiger partial charge >= 0.3 is 0 Å². The van der Waals surface area contributed by atoms with Crippen LogP contribution < -0.4 is 5.73 Å². The van der Waals surface area contributed by atoms with E-state index in [0.29, 0.717) is 12.0 Å². The SMILES string of the molecule is NC(=O)c1ccc(C(=O)N2C[C@@H](O)C[C@H]2c2ccc(F)cc2)cn1. The molecule has 6 nitrogen and oxygen atoms in total. The van der Waals surface area contributed by atoms with E-state index in [1.165, 1.54) is 35.4 Å². The van der Waals surface area contributed by atoms with Gasteiger partial charge in [0.1, 0.15) is 11.5 Å². The largest absolute Gasteiger partial charge is 0.391 e. The van der Waals surface area contributed by atoms with Crippen LogP contribution in [0.5, 0.6) is 0 Å². The molecule has 2 aromatic rings. The molecule has 2 atom stereocenters. The zero-order valence-electron chi connectivity index (χ0n) is 12.7. The number of carbonyl (C=O) groups excluding carboxylic acids is 2. The second-order valence-electron chi connectivity index (χ2n) is 5.71. The maximum atomic E-state index is 13.1. The van der Waals surface area contributed by atoms with Crippen molar-refractivity contribution in [2.75, 3.05) is 6.54 Å². The van der Waals surface area contributed by atoms with E-state index in [4.69, 9.17) is 5.73 Å². The number of nitrogens with two attached hydrogens (primary N) is 1. The van der Waals surface area contributed by atoms with E-state index in [9.17, 15) is 19.1 Å². The molecule has 0 spiro atoms. The first kappa shape index (κ1) is 16.1. The van der Waals surface area contributed by atoms with Crippen LogP contribution in [0.15, 0.2) is 42.6 Å². The lowest BCUT2D eigenvalue weighted by molar-refractivity contribution is 0.0715. The molecule has 3 N–H and O–H groups in total. The van der Waals surface area contributed by atoms with Crippen LogP contribution in [0.3, 0.4) is 0 Å². The summed E-state index contributed by atoms with van der Waals surface area (Å²) in [6, 6.07) is 8.37. The van der Waals surface area contributed by atoms with Gasteiger partial charge in [-0.3, -0.25) is 14.6 Å². The molecule has 1 aromatic carbocycles. The van der Waals surface area contributed by atoms with Gasteiger partial charge in [0.2, 0.25) is 0 Å². The predicted octanol–water partition coefficient (Wildman–Crippen LogP) is 1.27. The van der Waals surface area contributed by atoms with Crippen molar-refractivity contribution in [3.63, 3.8) is 0 Å². The Balaban J connectivity index is 1.86. The maximum absolute atomic E-state index is 13.1. The molecule has 0 saturated carbocycles. The molecule has 1 saturated heterocycles. The van der Waals surface area contributed by atoms with Crippen molar-refractivity contribution in [1.82, 2.24) is 9.88 Å². The topological polar surface area (TPSA) is 96.5 Å². The molecule has 24 heavy (non-hydrogen) atoms. The minimum Gasteiger partial charge on any atom is -0.391 e. The molecule has 1 aliphatic heterocycles. The Hall–Kier alpha value is -2.80. The summed E-state index contributed by atoms with van der Waals surface area (Å²) in [5.41, 5.74) is 6.25. The van der Waals surface area contributed by atoms with Crippen LogP contribution in [0.1, 0.15) is 38.9 Å². The molecule has 0 unspecified atom stereocenters. The number of aromatic nitrogens is 1. The fraction of sp³-hybridized carbons (Fsp3) is 0.235. The molecule has 1 fully saturated rings. The summed E-state index contributed by atoms with van der Waals surface area (Å²) < 4.78 is 13.1. The van der Waals surface area contributed by atoms with Crippen molar-refractivity contribution in [1.29, 1.82) is 0 Å². The highest BCUT2D eigenvalue weighted by Crippen LogP contribution is 2.33. The van der Waals surface area contributed by atoms with E-state index >= 15 is 0 Å². The first-order valence-electron chi connectivity index (χ1n) is 7.46. The molecule has 3 rings (SSSR count). The fourth-order valence-electron chi connectivity index (χ4n) is 2.87. The highest BCUT2D eigenvalue weighted by molar-refractivity contribution is 5.96. The standard InChI is InChI=1S/C17H16FN3O3/c18-12-4-1-10(2-5-12)15-7-13(22)9-21(15)17(24)11-3-6-14(16(19)23)20-8-11/h1-6,8,13,15,22H,7,9H2,(H2,19,23)/t13-,15-/m0/s1. The summed E-state index contributed by atoms with van der Waals surface area (Å²) in [4.78, 5) is 29.1. The van der Waals surface area contributed by atoms with Gasteiger partial charge in [-0.25, -0.2) is 4.39 Å². The Morgan fingerprint density at radius 2 is 1.92 bits per heavy atom. The monoisotopic (exact) mass is 329 g/mol. The second-order valence-corrected chi connectivity index (χ2v) is 5.71. The summed E-state index contributed by atoms with van der Waals surface area (Å²) in [6.07, 6.45) is 1.01. The third kappa shape index (κ3) is 3.11. The summed E-state index contributed by atoms with van der Waals surface area (Å²) in [5, 5.41) is 9.95. The van der Waals surface area contributed by atoms with Crippen molar-refractivity contribution >= 4 is 11.8 Å². The number of benzene rings is 1. The summed E-state index contributed by atoms with van der Waals surface area (Å²) in [7, 11) is 0. The Labute approximate surface area is 137 Å². The number of primary amides is 1. The second kappa shape index (κ2) is 6.37. The number of pyridine rings is 1. The molecule has 124 valence electrons. The number of halogens is 1. The number of carbonyl (C=O) groups is 2. The van der Waals surface area contributed by atoms with Gasteiger partial charge in [-0.2, -0.15) is 0 Å². The van der Waals surface area contributed by atoms with Crippen LogP contribution in [0, 0.1) is 5.82 Å². The van der Waals surface area contributed by atoms with E-state index < -0.39 is 12.0 Å². The molecule has 0 radical (unpaired) electrons. The van der Waals surface area contributed by atoms with Gasteiger partial charge in [-0.1, -0.05) is 12.1 Å². The van der Waals surface area contributed by atoms with E-state index in [2.05, 4.69) is 4.98 Å². The van der Waals surface area contributed by atoms with Crippen LogP contribution >= 0.6 is 0 Å². The summed E-state index contributed by atoms with van der Waals surface area (Å²) in [6.45, 7) is 0.179. The Morgan fingerprint density at radius 1 is 1.21 bits per heavy atom. The highest BCUT2D eigenvalue weighted by atomic mass is 19.1. The zero-order chi connectivity index (χ0) is 17.3. The first-order valence-corrected chi connectivity index (χ1v) is 7.46. The summed E-state index contributed by atoms with van der Waals surface area (Å²) in [5.74, 6) is -1.35. The minimum absolute atomic E-state index is 0.0723. The molecule has 1 aliphatic rings.